The van der Waals surface area contributed by atoms with Gasteiger partial charge in [-0.25, -0.2) is 14.5 Å². The standard InChI is InChI=1S/C16H14F3N5O2S/c1-3-26-14(25)12-8-22-24(13(12)16(17,18)19)11-6-4-10(5-7-11)23-15(27-2)21-9-20/h4-8H,3H2,1-2H3,(H,21,23). The van der Waals surface area contributed by atoms with E-state index in [2.05, 4.69) is 20.1 Å². The van der Waals surface area contributed by atoms with E-state index >= 15 is 0 Å². The van der Waals surface area contributed by atoms with Gasteiger partial charge in [0.1, 0.15) is 5.56 Å². The summed E-state index contributed by atoms with van der Waals surface area (Å²) in [5.74, 6) is -1.09. The maximum absolute atomic E-state index is 13.5. The number of nitrogens with zero attached hydrogens (tertiary/aromatic N) is 4. The largest absolute Gasteiger partial charge is 0.462 e. The molecule has 11 heteroatoms. The molecule has 0 fully saturated rings. The highest BCUT2D eigenvalue weighted by Gasteiger charge is 2.41. The van der Waals surface area contributed by atoms with Gasteiger partial charge in [-0.2, -0.15) is 23.5 Å². The van der Waals surface area contributed by atoms with Gasteiger partial charge in [-0.3, -0.25) is 5.32 Å². The Hall–Kier alpha value is -3.00. The van der Waals surface area contributed by atoms with Crippen molar-refractivity contribution in [1.82, 2.24) is 15.1 Å². The van der Waals surface area contributed by atoms with E-state index in [-0.39, 0.29) is 12.3 Å². The number of carbonyl (C=O) groups is 1. The topological polar surface area (TPSA) is 92.3 Å². The average molecular weight is 397 g/mol. The molecule has 0 radical (unpaired) electrons. The third-order valence-corrected chi connectivity index (χ3v) is 3.79. The van der Waals surface area contributed by atoms with Gasteiger partial charge in [0.15, 0.2) is 17.1 Å². The van der Waals surface area contributed by atoms with E-state index in [0.717, 1.165) is 6.20 Å². The summed E-state index contributed by atoms with van der Waals surface area (Å²) in [4.78, 5) is 15.9. The number of amidine groups is 1. The van der Waals surface area contributed by atoms with Gasteiger partial charge in [-0.05, 0) is 37.4 Å². The number of thioether (sulfide) groups is 1. The molecule has 0 saturated heterocycles. The Morgan fingerprint density at radius 2 is 2.07 bits per heavy atom. The highest BCUT2D eigenvalue weighted by Crippen LogP contribution is 2.34. The number of ether oxygens (including phenoxy) is 1. The van der Waals surface area contributed by atoms with Crippen LogP contribution in [0.1, 0.15) is 23.0 Å². The Bertz CT molecular complexity index is 885. The molecule has 27 heavy (non-hydrogen) atoms. The fourth-order valence-corrected chi connectivity index (χ4v) is 2.48. The molecule has 0 aliphatic heterocycles. The molecule has 0 aliphatic carbocycles. The molecular weight excluding hydrogens is 383 g/mol. The highest BCUT2D eigenvalue weighted by molar-refractivity contribution is 8.13. The van der Waals surface area contributed by atoms with Crippen molar-refractivity contribution in [2.45, 2.75) is 13.1 Å². The fraction of sp³-hybridized carbons (Fsp3) is 0.250. The molecule has 7 nitrogen and oxygen atoms in total. The van der Waals surface area contributed by atoms with Crippen molar-refractivity contribution in [3.63, 3.8) is 0 Å². The minimum absolute atomic E-state index is 0.0531. The van der Waals surface area contributed by atoms with Crippen molar-refractivity contribution in [3.8, 4) is 11.9 Å². The van der Waals surface area contributed by atoms with Gasteiger partial charge in [0.2, 0.25) is 0 Å². The van der Waals surface area contributed by atoms with Crippen molar-refractivity contribution in [1.29, 1.82) is 5.26 Å². The van der Waals surface area contributed by atoms with E-state index in [9.17, 15) is 18.0 Å². The Morgan fingerprint density at radius 1 is 1.41 bits per heavy atom. The molecule has 0 atom stereocenters. The zero-order chi connectivity index (χ0) is 20.0. The molecular formula is C16H14F3N5O2S. The Labute approximate surface area is 156 Å². The van der Waals surface area contributed by atoms with E-state index in [1.807, 2.05) is 0 Å². The lowest BCUT2D eigenvalue weighted by molar-refractivity contribution is -0.143. The molecule has 1 aromatic heterocycles. The zero-order valence-electron chi connectivity index (χ0n) is 14.2. The summed E-state index contributed by atoms with van der Waals surface area (Å²) >= 11 is 1.21. The molecule has 2 aromatic rings. The number of carbonyl (C=O) groups excluding carboxylic acids is 1. The van der Waals surface area contributed by atoms with Crippen LogP contribution in [-0.4, -0.2) is 33.8 Å². The maximum atomic E-state index is 13.5. The molecule has 0 spiro atoms. The third-order valence-electron chi connectivity index (χ3n) is 3.21. The molecule has 2 rings (SSSR count). The minimum atomic E-state index is -4.81. The lowest BCUT2D eigenvalue weighted by Crippen LogP contribution is -2.18. The van der Waals surface area contributed by atoms with Crippen LogP contribution in [0.15, 0.2) is 35.5 Å². The molecule has 0 amide bonds. The average Bonchev–Trinajstić information content (AvgIpc) is 3.08. The number of aliphatic imine (C=N–C) groups is 1. The second kappa shape index (κ2) is 8.59. The Morgan fingerprint density at radius 3 is 2.59 bits per heavy atom. The number of rotatable bonds is 4. The van der Waals surface area contributed by atoms with Crippen molar-refractivity contribution in [2.75, 3.05) is 12.9 Å². The Balaban J connectivity index is 2.44. The van der Waals surface area contributed by atoms with Crippen molar-refractivity contribution in [2.24, 2.45) is 4.99 Å². The predicted octanol–water partition coefficient (Wildman–Crippen LogP) is 3.49. The zero-order valence-corrected chi connectivity index (χ0v) is 15.1. The third kappa shape index (κ3) is 4.79. The fourth-order valence-electron chi connectivity index (χ4n) is 2.13. The van der Waals surface area contributed by atoms with E-state index in [4.69, 9.17) is 5.26 Å². The number of halogens is 3. The lowest BCUT2D eigenvalue weighted by Gasteiger charge is -2.12. The number of hydrogen-bond acceptors (Lipinski definition) is 6. The van der Waals surface area contributed by atoms with E-state index in [1.165, 1.54) is 43.0 Å². The monoisotopic (exact) mass is 397 g/mol. The van der Waals surface area contributed by atoms with Crippen molar-refractivity contribution >= 4 is 28.6 Å². The summed E-state index contributed by atoms with van der Waals surface area (Å²) in [6.45, 7) is 1.45. The van der Waals surface area contributed by atoms with Crippen LogP contribution in [0.25, 0.3) is 5.69 Å². The number of esters is 1. The van der Waals surface area contributed by atoms with Crippen LogP contribution in [0.5, 0.6) is 0 Å². The van der Waals surface area contributed by atoms with Crippen LogP contribution in [0.4, 0.5) is 18.9 Å². The second-order valence-corrected chi connectivity index (χ2v) is 5.71. The first-order valence-electron chi connectivity index (χ1n) is 7.52. The number of nitrogens with one attached hydrogen (secondary N) is 1. The molecule has 1 heterocycles. The number of nitriles is 1. The molecule has 0 unspecified atom stereocenters. The van der Waals surface area contributed by atoms with Gasteiger partial charge in [-0.1, -0.05) is 11.8 Å². The van der Waals surface area contributed by atoms with Crippen LogP contribution in [0.2, 0.25) is 0 Å². The molecule has 1 aromatic carbocycles. The number of benzene rings is 1. The number of aromatic nitrogens is 2. The van der Waals surface area contributed by atoms with E-state index < -0.39 is 23.4 Å². The maximum Gasteiger partial charge on any atom is 0.434 e. The van der Waals surface area contributed by atoms with Gasteiger partial charge in [0.25, 0.3) is 0 Å². The van der Waals surface area contributed by atoms with Crippen LogP contribution in [0, 0.1) is 11.5 Å². The van der Waals surface area contributed by atoms with E-state index in [0.29, 0.717) is 15.5 Å². The summed E-state index contributed by atoms with van der Waals surface area (Å²) in [6, 6.07) is 5.69. The smallest absolute Gasteiger partial charge is 0.434 e. The molecule has 1 N–H and O–H groups in total. The molecule has 142 valence electrons. The van der Waals surface area contributed by atoms with Crippen LogP contribution >= 0.6 is 11.8 Å². The van der Waals surface area contributed by atoms with Crippen molar-refractivity contribution < 1.29 is 22.7 Å². The van der Waals surface area contributed by atoms with Crippen LogP contribution in [0.3, 0.4) is 0 Å². The van der Waals surface area contributed by atoms with Gasteiger partial charge in [0, 0.05) is 0 Å². The first kappa shape index (κ1) is 20.3. The predicted molar refractivity (Wildman–Crippen MR) is 93.9 cm³/mol. The molecule has 0 saturated carbocycles. The SMILES string of the molecule is CCOC(=O)c1cnn(-c2ccc(N=C(NC#N)SC)cc2)c1C(F)(F)F. The quantitative estimate of drug-likeness (QED) is 0.279. The van der Waals surface area contributed by atoms with Crippen LogP contribution in [-0.2, 0) is 10.9 Å². The van der Waals surface area contributed by atoms with Gasteiger partial charge < -0.3 is 4.74 Å². The first-order chi connectivity index (χ1) is 12.8. The molecule has 0 aliphatic rings. The summed E-state index contributed by atoms with van der Waals surface area (Å²) in [5, 5.41) is 15.0. The summed E-state index contributed by atoms with van der Waals surface area (Å²) in [6.07, 6.45) is -0.523. The minimum Gasteiger partial charge on any atom is -0.462 e. The summed E-state index contributed by atoms with van der Waals surface area (Å²) in [5.41, 5.74) is -1.35. The van der Waals surface area contributed by atoms with Crippen LogP contribution < -0.4 is 5.32 Å². The number of alkyl halides is 3. The first-order valence-corrected chi connectivity index (χ1v) is 8.74. The summed E-state index contributed by atoms with van der Waals surface area (Å²) < 4.78 is 45.7. The Kier molecular flexibility index (Phi) is 6.46. The normalized spacial score (nSPS) is 11.8. The summed E-state index contributed by atoms with van der Waals surface area (Å²) in [7, 11) is 0. The molecule has 0 bridgehead atoms. The number of hydrogen-bond donors (Lipinski definition) is 1. The van der Waals surface area contributed by atoms with Gasteiger partial charge in [-0.15, -0.1) is 0 Å². The van der Waals surface area contributed by atoms with Crippen molar-refractivity contribution in [3.05, 3.63) is 41.7 Å². The van der Waals surface area contributed by atoms with Gasteiger partial charge in [0.05, 0.1) is 24.2 Å². The second-order valence-electron chi connectivity index (χ2n) is 4.91. The van der Waals surface area contributed by atoms with E-state index in [1.54, 1.807) is 12.4 Å². The van der Waals surface area contributed by atoms with Gasteiger partial charge >= 0.3 is 12.1 Å². The highest BCUT2D eigenvalue weighted by atomic mass is 32.2. The lowest BCUT2D eigenvalue weighted by atomic mass is 10.2.